The molecule has 0 heterocycles. The minimum Gasteiger partial charge on any atom is -0.481 e. The van der Waals surface area contributed by atoms with Gasteiger partial charge >= 0.3 is 12.1 Å². The number of benzene rings is 2. The Hall–Kier alpha value is -3.35. The Bertz CT molecular complexity index is 969. The maximum Gasteiger partial charge on any atom is 0.407 e. The van der Waals surface area contributed by atoms with Gasteiger partial charge in [-0.05, 0) is 47.9 Å². The second kappa shape index (κ2) is 9.42. The molecule has 2 aromatic rings. The minimum absolute atomic E-state index is 0.0111. The SMILES string of the molecule is O=C(O)CCCNC(=O)CC1(NC(=O)OCC2c3ccccc3-c3ccccc32)CCC1. The molecule has 0 spiro atoms. The third kappa shape index (κ3) is 4.77. The molecule has 0 unspecified atom stereocenters. The zero-order valence-corrected chi connectivity index (χ0v) is 17.9. The van der Waals surface area contributed by atoms with Crippen LogP contribution in [0.4, 0.5) is 4.79 Å². The van der Waals surface area contributed by atoms with Gasteiger partial charge in [-0.3, -0.25) is 9.59 Å². The molecule has 0 aliphatic heterocycles. The second-order valence-electron chi connectivity index (χ2n) is 8.61. The summed E-state index contributed by atoms with van der Waals surface area (Å²) in [7, 11) is 0. The summed E-state index contributed by atoms with van der Waals surface area (Å²) in [4.78, 5) is 35.5. The lowest BCUT2D eigenvalue weighted by Crippen LogP contribution is -2.56. The molecule has 0 radical (unpaired) electrons. The normalized spacial score (nSPS) is 15.8. The van der Waals surface area contributed by atoms with Gasteiger partial charge in [-0.1, -0.05) is 48.5 Å². The molecule has 0 bridgehead atoms. The largest absolute Gasteiger partial charge is 0.481 e. The minimum atomic E-state index is -0.883. The van der Waals surface area contributed by atoms with Gasteiger partial charge in [0.1, 0.15) is 6.61 Å². The first-order valence-electron chi connectivity index (χ1n) is 11.1. The van der Waals surface area contributed by atoms with E-state index in [1.807, 2.05) is 24.3 Å². The van der Waals surface area contributed by atoms with Crippen molar-refractivity contribution in [3.05, 3.63) is 59.7 Å². The van der Waals surface area contributed by atoms with Gasteiger partial charge in [-0.15, -0.1) is 0 Å². The number of carboxylic acids is 1. The standard InChI is InChI=1S/C25H28N2O5/c28-22(26-14-5-11-23(29)30)15-25(12-6-13-25)27-24(31)32-16-21-19-9-3-1-7-17(19)18-8-2-4-10-20(18)21/h1-4,7-10,21H,5-6,11-16H2,(H,26,28)(H,27,31)(H,29,30). The topological polar surface area (TPSA) is 105 Å². The van der Waals surface area contributed by atoms with Gasteiger partial charge in [0.25, 0.3) is 0 Å². The van der Waals surface area contributed by atoms with E-state index in [1.54, 1.807) is 0 Å². The van der Waals surface area contributed by atoms with Gasteiger partial charge in [0.2, 0.25) is 5.91 Å². The van der Waals surface area contributed by atoms with Crippen LogP contribution in [0.3, 0.4) is 0 Å². The summed E-state index contributed by atoms with van der Waals surface area (Å²) in [6.07, 6.45) is 2.45. The number of hydrogen-bond donors (Lipinski definition) is 3. The Morgan fingerprint density at radius 1 is 1.00 bits per heavy atom. The third-order valence-electron chi connectivity index (χ3n) is 6.41. The lowest BCUT2D eigenvalue weighted by atomic mass is 9.74. The number of carboxylic acid groups (broad SMARTS) is 1. The number of amides is 2. The fourth-order valence-electron chi connectivity index (χ4n) is 4.64. The second-order valence-corrected chi connectivity index (χ2v) is 8.61. The number of ether oxygens (including phenoxy) is 1. The Morgan fingerprint density at radius 3 is 2.19 bits per heavy atom. The number of rotatable bonds is 9. The van der Waals surface area contributed by atoms with Crippen LogP contribution in [-0.4, -0.2) is 41.8 Å². The van der Waals surface area contributed by atoms with E-state index < -0.39 is 17.6 Å². The van der Waals surface area contributed by atoms with Crippen molar-refractivity contribution in [1.29, 1.82) is 0 Å². The fraction of sp³-hybridized carbons (Fsp3) is 0.400. The van der Waals surface area contributed by atoms with Gasteiger partial charge in [0.15, 0.2) is 0 Å². The van der Waals surface area contributed by atoms with Crippen molar-refractivity contribution < 1.29 is 24.2 Å². The summed E-state index contributed by atoms with van der Waals surface area (Å²) in [5, 5.41) is 14.3. The predicted octanol–water partition coefficient (Wildman–Crippen LogP) is 3.82. The maximum atomic E-state index is 12.6. The lowest BCUT2D eigenvalue weighted by molar-refractivity contribution is -0.137. The summed E-state index contributed by atoms with van der Waals surface area (Å²) in [6, 6.07) is 16.3. The van der Waals surface area contributed by atoms with Crippen molar-refractivity contribution in [2.75, 3.05) is 13.2 Å². The molecule has 168 valence electrons. The predicted molar refractivity (Wildman–Crippen MR) is 119 cm³/mol. The van der Waals surface area contributed by atoms with Crippen LogP contribution in [0.15, 0.2) is 48.5 Å². The van der Waals surface area contributed by atoms with Crippen molar-refractivity contribution in [1.82, 2.24) is 10.6 Å². The molecule has 4 rings (SSSR count). The smallest absolute Gasteiger partial charge is 0.407 e. The highest BCUT2D eigenvalue weighted by molar-refractivity contribution is 5.80. The number of carbonyl (C=O) groups is 3. The molecule has 1 fully saturated rings. The fourth-order valence-corrected chi connectivity index (χ4v) is 4.64. The maximum absolute atomic E-state index is 12.6. The van der Waals surface area contributed by atoms with E-state index in [9.17, 15) is 14.4 Å². The van der Waals surface area contributed by atoms with Crippen LogP contribution in [0.2, 0.25) is 0 Å². The summed E-state index contributed by atoms with van der Waals surface area (Å²) in [6.45, 7) is 0.545. The molecule has 0 atom stereocenters. The van der Waals surface area contributed by atoms with E-state index in [0.29, 0.717) is 13.0 Å². The lowest BCUT2D eigenvalue weighted by Gasteiger charge is -2.41. The van der Waals surface area contributed by atoms with E-state index in [1.165, 1.54) is 11.1 Å². The highest BCUT2D eigenvalue weighted by atomic mass is 16.5. The number of nitrogens with one attached hydrogen (secondary N) is 2. The molecule has 2 aliphatic rings. The average Bonchev–Trinajstić information content (AvgIpc) is 3.07. The van der Waals surface area contributed by atoms with E-state index in [4.69, 9.17) is 9.84 Å². The van der Waals surface area contributed by atoms with Gasteiger partial charge in [0, 0.05) is 25.3 Å². The molecule has 0 aromatic heterocycles. The van der Waals surface area contributed by atoms with E-state index in [0.717, 1.165) is 30.4 Å². The van der Waals surface area contributed by atoms with Crippen LogP contribution in [0.5, 0.6) is 0 Å². The molecule has 7 nitrogen and oxygen atoms in total. The molecule has 2 amide bonds. The van der Waals surface area contributed by atoms with Gasteiger partial charge in [-0.2, -0.15) is 0 Å². The molecular formula is C25H28N2O5. The van der Waals surface area contributed by atoms with Crippen molar-refractivity contribution in [3.8, 4) is 11.1 Å². The first-order valence-corrected chi connectivity index (χ1v) is 11.1. The third-order valence-corrected chi connectivity index (χ3v) is 6.41. The quantitative estimate of drug-likeness (QED) is 0.519. The van der Waals surface area contributed by atoms with Crippen LogP contribution in [0, 0.1) is 0 Å². The van der Waals surface area contributed by atoms with E-state index in [2.05, 4.69) is 34.9 Å². The van der Waals surface area contributed by atoms with Crippen molar-refractivity contribution in [2.24, 2.45) is 0 Å². The molecule has 2 aliphatic carbocycles. The number of alkyl carbamates (subject to hydrolysis) is 1. The Morgan fingerprint density at radius 2 is 1.62 bits per heavy atom. The molecule has 1 saturated carbocycles. The zero-order chi connectivity index (χ0) is 22.6. The van der Waals surface area contributed by atoms with Crippen LogP contribution in [0.25, 0.3) is 11.1 Å². The summed E-state index contributed by atoms with van der Waals surface area (Å²) in [5.41, 5.74) is 4.07. The van der Waals surface area contributed by atoms with Crippen molar-refractivity contribution >= 4 is 18.0 Å². The monoisotopic (exact) mass is 436 g/mol. The highest BCUT2D eigenvalue weighted by Crippen LogP contribution is 2.44. The highest BCUT2D eigenvalue weighted by Gasteiger charge is 2.41. The Balaban J connectivity index is 1.32. The molecule has 2 aromatic carbocycles. The average molecular weight is 437 g/mol. The molecule has 7 heteroatoms. The van der Waals surface area contributed by atoms with Crippen LogP contribution < -0.4 is 10.6 Å². The number of fused-ring (bicyclic) bond motifs is 3. The van der Waals surface area contributed by atoms with E-state index in [-0.39, 0.29) is 31.3 Å². The van der Waals surface area contributed by atoms with E-state index >= 15 is 0 Å². The first-order chi connectivity index (χ1) is 15.5. The summed E-state index contributed by atoms with van der Waals surface area (Å²) in [5.74, 6) is -1.08. The van der Waals surface area contributed by atoms with Gasteiger partial charge in [0.05, 0.1) is 5.54 Å². The first kappa shape index (κ1) is 21.9. The number of aliphatic carboxylic acids is 1. The molecule has 3 N–H and O–H groups in total. The zero-order valence-electron chi connectivity index (χ0n) is 17.9. The van der Waals surface area contributed by atoms with Gasteiger partial charge < -0.3 is 20.5 Å². The number of hydrogen-bond acceptors (Lipinski definition) is 4. The number of carbonyl (C=O) groups excluding carboxylic acids is 2. The van der Waals surface area contributed by atoms with Crippen molar-refractivity contribution in [2.45, 2.75) is 50.0 Å². The molecular weight excluding hydrogens is 408 g/mol. The Labute approximate surface area is 187 Å². The molecule has 32 heavy (non-hydrogen) atoms. The summed E-state index contributed by atoms with van der Waals surface area (Å²) >= 11 is 0. The van der Waals surface area contributed by atoms with Gasteiger partial charge in [-0.25, -0.2) is 4.79 Å². The molecule has 0 saturated heterocycles. The van der Waals surface area contributed by atoms with Crippen LogP contribution in [0.1, 0.15) is 55.6 Å². The Kier molecular flexibility index (Phi) is 6.44. The summed E-state index contributed by atoms with van der Waals surface area (Å²) < 4.78 is 5.63. The van der Waals surface area contributed by atoms with Crippen LogP contribution in [-0.2, 0) is 14.3 Å². The van der Waals surface area contributed by atoms with Crippen LogP contribution >= 0.6 is 0 Å². The van der Waals surface area contributed by atoms with Crippen molar-refractivity contribution in [3.63, 3.8) is 0 Å².